The summed E-state index contributed by atoms with van der Waals surface area (Å²) in [5.74, 6) is -0.783. The topological polar surface area (TPSA) is 108 Å². The first-order valence-corrected chi connectivity index (χ1v) is 7.54. The van der Waals surface area contributed by atoms with Crippen LogP contribution in [0.25, 0.3) is 0 Å². The quantitative estimate of drug-likeness (QED) is 0.807. The second-order valence-corrected chi connectivity index (χ2v) is 6.10. The van der Waals surface area contributed by atoms with E-state index in [0.29, 0.717) is 5.75 Å². The first kappa shape index (κ1) is 16.9. The highest BCUT2D eigenvalue weighted by Crippen LogP contribution is 2.21. The van der Waals surface area contributed by atoms with Crippen molar-refractivity contribution >= 4 is 16.0 Å². The summed E-state index contributed by atoms with van der Waals surface area (Å²) >= 11 is 0. The molecule has 0 spiro atoms. The number of carboxylic acid groups (broad SMARTS) is 1. The van der Waals surface area contributed by atoms with Crippen LogP contribution in [0.5, 0.6) is 5.75 Å². The largest absolute Gasteiger partial charge is 0.497 e. The van der Waals surface area contributed by atoms with Crippen molar-refractivity contribution < 1.29 is 23.1 Å². The molecule has 1 N–H and O–H groups in total. The van der Waals surface area contributed by atoms with Crippen molar-refractivity contribution in [1.82, 2.24) is 4.31 Å². The number of rotatable bonds is 7. The highest BCUT2D eigenvalue weighted by Gasteiger charge is 2.32. The molecule has 0 saturated carbocycles. The Morgan fingerprint density at radius 1 is 1.43 bits per heavy atom. The molecule has 1 aromatic rings. The van der Waals surface area contributed by atoms with Crippen LogP contribution in [0.15, 0.2) is 29.2 Å². The van der Waals surface area contributed by atoms with Gasteiger partial charge >= 0.3 is 5.97 Å². The minimum atomic E-state index is -4.00. The zero-order valence-electron chi connectivity index (χ0n) is 11.7. The van der Waals surface area contributed by atoms with Crippen LogP contribution in [0.4, 0.5) is 0 Å². The Labute approximate surface area is 123 Å². The molecular formula is C13H16N2O5S. The van der Waals surface area contributed by atoms with E-state index in [1.807, 2.05) is 6.07 Å². The Bertz CT molecular complexity index is 634. The molecule has 0 aliphatic rings. The Balaban J connectivity index is 3.19. The molecule has 7 nitrogen and oxygen atoms in total. The molecule has 8 heteroatoms. The molecule has 0 amide bonds. The van der Waals surface area contributed by atoms with E-state index >= 15 is 0 Å². The molecule has 0 fully saturated rings. The number of sulfonamides is 1. The number of ether oxygens (including phenoxy) is 1. The fourth-order valence-corrected chi connectivity index (χ4v) is 3.28. The summed E-state index contributed by atoms with van der Waals surface area (Å²) in [6, 6.07) is 6.17. The van der Waals surface area contributed by atoms with E-state index < -0.39 is 22.0 Å². The SMILES string of the molecule is COc1ccc(S(=O)(=O)N(CCC#N)C(C)C(=O)O)cc1. The molecule has 0 radical (unpaired) electrons. The Morgan fingerprint density at radius 2 is 2.00 bits per heavy atom. The van der Waals surface area contributed by atoms with Gasteiger partial charge in [0.2, 0.25) is 10.0 Å². The summed E-state index contributed by atoms with van der Waals surface area (Å²) in [6.45, 7) is 1.08. The van der Waals surface area contributed by atoms with E-state index in [9.17, 15) is 13.2 Å². The van der Waals surface area contributed by atoms with E-state index in [2.05, 4.69) is 0 Å². The molecule has 1 rings (SSSR count). The van der Waals surface area contributed by atoms with Gasteiger partial charge in [0.25, 0.3) is 0 Å². The Hall–Kier alpha value is -2.11. The average Bonchev–Trinajstić information content (AvgIpc) is 2.47. The predicted octanol–water partition coefficient (Wildman–Crippen LogP) is 1.07. The summed E-state index contributed by atoms with van der Waals surface area (Å²) in [6.07, 6.45) is -0.0903. The summed E-state index contributed by atoms with van der Waals surface area (Å²) in [5, 5.41) is 17.6. The van der Waals surface area contributed by atoms with Crippen molar-refractivity contribution in [3.8, 4) is 11.8 Å². The van der Waals surface area contributed by atoms with E-state index in [0.717, 1.165) is 4.31 Å². The van der Waals surface area contributed by atoms with Gasteiger partial charge in [-0.15, -0.1) is 0 Å². The van der Waals surface area contributed by atoms with E-state index in [4.69, 9.17) is 15.1 Å². The van der Waals surface area contributed by atoms with Gasteiger partial charge in [0.15, 0.2) is 0 Å². The van der Waals surface area contributed by atoms with E-state index in [1.165, 1.54) is 38.3 Å². The van der Waals surface area contributed by atoms with Gasteiger partial charge in [-0.25, -0.2) is 8.42 Å². The molecule has 1 unspecified atom stereocenters. The number of carboxylic acids is 1. The smallest absolute Gasteiger partial charge is 0.321 e. The van der Waals surface area contributed by atoms with Gasteiger partial charge in [0.1, 0.15) is 11.8 Å². The van der Waals surface area contributed by atoms with Crippen molar-refractivity contribution in [3.63, 3.8) is 0 Å². The van der Waals surface area contributed by atoms with Gasteiger partial charge in [-0.1, -0.05) is 0 Å². The lowest BCUT2D eigenvalue weighted by molar-refractivity contribution is -0.140. The number of aliphatic carboxylic acids is 1. The third-order valence-corrected chi connectivity index (χ3v) is 4.88. The lowest BCUT2D eigenvalue weighted by atomic mass is 10.3. The van der Waals surface area contributed by atoms with Crippen LogP contribution in [-0.4, -0.2) is 43.5 Å². The van der Waals surface area contributed by atoms with E-state index in [-0.39, 0.29) is 17.9 Å². The third kappa shape index (κ3) is 3.93. The standard InChI is InChI=1S/C13H16N2O5S/c1-10(13(16)17)15(9-3-8-14)21(18,19)12-6-4-11(20-2)5-7-12/h4-7,10H,3,9H2,1-2H3,(H,16,17). The summed E-state index contributed by atoms with van der Waals surface area (Å²) < 4.78 is 30.7. The first-order valence-electron chi connectivity index (χ1n) is 6.10. The fraction of sp³-hybridized carbons (Fsp3) is 0.385. The molecule has 0 heterocycles. The van der Waals surface area contributed by atoms with Crippen LogP contribution < -0.4 is 4.74 Å². The summed E-state index contributed by atoms with van der Waals surface area (Å²) in [7, 11) is -2.54. The zero-order valence-corrected chi connectivity index (χ0v) is 12.5. The average molecular weight is 312 g/mol. The van der Waals surface area contributed by atoms with Gasteiger partial charge in [-0.3, -0.25) is 4.79 Å². The Kier molecular flexibility index (Phi) is 5.69. The van der Waals surface area contributed by atoms with Crippen LogP contribution in [-0.2, 0) is 14.8 Å². The van der Waals surface area contributed by atoms with Crippen LogP contribution >= 0.6 is 0 Å². The maximum Gasteiger partial charge on any atom is 0.321 e. The van der Waals surface area contributed by atoms with E-state index in [1.54, 1.807) is 0 Å². The number of hydrogen-bond donors (Lipinski definition) is 1. The highest BCUT2D eigenvalue weighted by molar-refractivity contribution is 7.89. The molecule has 0 aliphatic carbocycles. The molecule has 0 aromatic heterocycles. The minimum Gasteiger partial charge on any atom is -0.497 e. The molecule has 0 saturated heterocycles. The minimum absolute atomic E-state index is 0.0469. The second-order valence-electron chi connectivity index (χ2n) is 4.21. The number of benzene rings is 1. The normalized spacial score (nSPS) is 12.7. The van der Waals surface area contributed by atoms with Crippen LogP contribution in [0.2, 0.25) is 0 Å². The third-order valence-electron chi connectivity index (χ3n) is 2.90. The lowest BCUT2D eigenvalue weighted by Gasteiger charge is -2.24. The number of nitriles is 1. The van der Waals surface area contributed by atoms with Crippen molar-refractivity contribution in [3.05, 3.63) is 24.3 Å². The lowest BCUT2D eigenvalue weighted by Crippen LogP contribution is -2.43. The van der Waals surface area contributed by atoms with Gasteiger partial charge in [-0.2, -0.15) is 9.57 Å². The maximum atomic E-state index is 12.5. The first-order chi connectivity index (χ1) is 9.84. The Morgan fingerprint density at radius 3 is 2.43 bits per heavy atom. The van der Waals surface area contributed by atoms with Crippen molar-refractivity contribution in [2.24, 2.45) is 0 Å². The van der Waals surface area contributed by atoms with Gasteiger partial charge in [0, 0.05) is 13.0 Å². The number of hydrogen-bond acceptors (Lipinski definition) is 5. The van der Waals surface area contributed by atoms with Gasteiger partial charge in [0.05, 0.1) is 18.1 Å². The number of carbonyl (C=O) groups is 1. The highest BCUT2D eigenvalue weighted by atomic mass is 32.2. The summed E-state index contributed by atoms with van der Waals surface area (Å²) in [5.41, 5.74) is 0. The molecule has 0 bridgehead atoms. The monoisotopic (exact) mass is 312 g/mol. The van der Waals surface area contributed by atoms with Crippen LogP contribution in [0.3, 0.4) is 0 Å². The molecule has 21 heavy (non-hydrogen) atoms. The van der Waals surface area contributed by atoms with Crippen LogP contribution in [0, 0.1) is 11.3 Å². The van der Waals surface area contributed by atoms with Crippen molar-refractivity contribution in [1.29, 1.82) is 5.26 Å². The molecular weight excluding hydrogens is 296 g/mol. The van der Waals surface area contributed by atoms with Crippen molar-refractivity contribution in [2.75, 3.05) is 13.7 Å². The fourth-order valence-electron chi connectivity index (χ4n) is 1.69. The summed E-state index contributed by atoms with van der Waals surface area (Å²) in [4.78, 5) is 11.0. The number of nitrogens with zero attached hydrogens (tertiary/aromatic N) is 2. The number of methoxy groups -OCH3 is 1. The van der Waals surface area contributed by atoms with Gasteiger partial charge in [-0.05, 0) is 31.2 Å². The molecule has 1 atom stereocenters. The van der Waals surface area contributed by atoms with Crippen LogP contribution in [0.1, 0.15) is 13.3 Å². The zero-order chi connectivity index (χ0) is 16.0. The van der Waals surface area contributed by atoms with Gasteiger partial charge < -0.3 is 9.84 Å². The molecule has 0 aliphatic heterocycles. The van der Waals surface area contributed by atoms with Crippen molar-refractivity contribution in [2.45, 2.75) is 24.3 Å². The maximum absolute atomic E-state index is 12.5. The second kappa shape index (κ2) is 7.06. The molecule has 114 valence electrons. The molecule has 1 aromatic carbocycles. The predicted molar refractivity (Wildman–Crippen MR) is 74.2 cm³/mol.